The summed E-state index contributed by atoms with van der Waals surface area (Å²) in [6, 6.07) is 0. The van der Waals surface area contributed by atoms with Crippen molar-refractivity contribution in [3.8, 4) is 0 Å². The summed E-state index contributed by atoms with van der Waals surface area (Å²) in [5.41, 5.74) is 0.779. The van der Waals surface area contributed by atoms with Crippen LogP contribution in [0.1, 0.15) is 19.8 Å². The van der Waals surface area contributed by atoms with E-state index in [4.69, 9.17) is 26.5 Å². The number of rotatable bonds is 5. The third-order valence-electron chi connectivity index (χ3n) is 1.43. The van der Waals surface area contributed by atoms with Gasteiger partial charge in [-0.05, 0) is 19.8 Å². The van der Waals surface area contributed by atoms with Gasteiger partial charge in [-0.3, -0.25) is 9.79 Å². The molecule has 0 aromatic rings. The predicted molar refractivity (Wildman–Crippen MR) is 53.0 cm³/mol. The average Bonchev–Trinajstić information content (AvgIpc) is 2.01. The van der Waals surface area contributed by atoms with Crippen molar-refractivity contribution in [2.75, 3.05) is 0 Å². The standard InChI is InChI=1S/C7H12ClO6P/c1-5(9)2-3-6(4-8)7(10)14-15(11,12)13/h4-5,9H,2-3H2,1H3,(H2,11,12,13). The molecular weight excluding hydrogens is 246 g/mol. The highest BCUT2D eigenvalue weighted by atomic mass is 35.5. The topological polar surface area (TPSA) is 104 Å². The summed E-state index contributed by atoms with van der Waals surface area (Å²) in [6.45, 7) is 1.51. The molecule has 0 rings (SSSR count). The Hall–Kier alpha value is -0.390. The summed E-state index contributed by atoms with van der Waals surface area (Å²) in [5, 5.41) is 8.94. The lowest BCUT2D eigenvalue weighted by molar-refractivity contribution is -0.131. The Morgan fingerprint density at radius 1 is 1.60 bits per heavy atom. The van der Waals surface area contributed by atoms with Crippen LogP contribution in [0.4, 0.5) is 0 Å². The molecule has 0 amide bonds. The smallest absolute Gasteiger partial charge is 0.393 e. The maximum Gasteiger partial charge on any atom is 0.527 e. The molecule has 0 aliphatic carbocycles. The zero-order valence-electron chi connectivity index (χ0n) is 7.96. The molecule has 3 N–H and O–H groups in total. The number of phosphoric ester groups is 1. The largest absolute Gasteiger partial charge is 0.527 e. The molecule has 0 saturated heterocycles. The fourth-order valence-electron chi connectivity index (χ4n) is 0.732. The molecular formula is C7H12ClO6P. The molecule has 8 heteroatoms. The normalized spacial score (nSPS) is 14.9. The lowest BCUT2D eigenvalue weighted by atomic mass is 10.1. The number of carbonyl (C=O) groups is 1. The van der Waals surface area contributed by atoms with Gasteiger partial charge < -0.3 is 9.63 Å². The quantitative estimate of drug-likeness (QED) is 0.500. The Labute approximate surface area is 91.7 Å². The molecule has 0 fully saturated rings. The van der Waals surface area contributed by atoms with Gasteiger partial charge in [0.1, 0.15) is 0 Å². The molecule has 0 saturated carbocycles. The van der Waals surface area contributed by atoms with Gasteiger partial charge in [0, 0.05) is 11.1 Å². The van der Waals surface area contributed by atoms with E-state index >= 15 is 0 Å². The summed E-state index contributed by atoms with van der Waals surface area (Å²) in [5.74, 6) is -1.18. The first-order valence-electron chi connectivity index (χ1n) is 4.03. The van der Waals surface area contributed by atoms with E-state index < -0.39 is 19.9 Å². The van der Waals surface area contributed by atoms with E-state index in [1.807, 2.05) is 0 Å². The van der Waals surface area contributed by atoms with Crippen molar-refractivity contribution < 1.29 is 28.8 Å². The van der Waals surface area contributed by atoms with Gasteiger partial charge in [-0.25, -0.2) is 9.36 Å². The molecule has 0 radical (unpaired) electrons. The van der Waals surface area contributed by atoms with Gasteiger partial charge in [-0.2, -0.15) is 0 Å². The predicted octanol–water partition coefficient (Wildman–Crippen LogP) is 0.906. The first kappa shape index (κ1) is 14.6. The third-order valence-corrected chi connectivity index (χ3v) is 2.09. The van der Waals surface area contributed by atoms with E-state index in [2.05, 4.69) is 4.52 Å². The van der Waals surface area contributed by atoms with Crippen LogP contribution < -0.4 is 0 Å². The second-order valence-corrected chi connectivity index (χ2v) is 4.27. The minimum absolute atomic E-state index is 0.0833. The van der Waals surface area contributed by atoms with E-state index in [1.165, 1.54) is 6.92 Å². The molecule has 0 aromatic carbocycles. The Morgan fingerprint density at radius 3 is 2.47 bits per heavy atom. The van der Waals surface area contributed by atoms with Gasteiger partial charge in [0.2, 0.25) is 0 Å². The molecule has 0 bridgehead atoms. The van der Waals surface area contributed by atoms with E-state index in [0.717, 1.165) is 5.54 Å². The summed E-state index contributed by atoms with van der Waals surface area (Å²) in [7, 11) is -4.85. The minimum atomic E-state index is -4.85. The molecule has 15 heavy (non-hydrogen) atoms. The van der Waals surface area contributed by atoms with Crippen LogP contribution in [0.25, 0.3) is 0 Å². The SMILES string of the molecule is CC(O)CCC(=CCl)C(=O)OP(=O)(O)O. The molecule has 0 heterocycles. The van der Waals surface area contributed by atoms with E-state index in [9.17, 15) is 9.36 Å². The van der Waals surface area contributed by atoms with Crippen LogP contribution in [-0.2, 0) is 13.9 Å². The Balaban J connectivity index is 4.32. The highest BCUT2D eigenvalue weighted by Gasteiger charge is 2.23. The van der Waals surface area contributed by atoms with Gasteiger partial charge in [0.25, 0.3) is 0 Å². The molecule has 0 aromatic heterocycles. The number of carbonyl (C=O) groups excluding carboxylic acids is 1. The lowest BCUT2D eigenvalue weighted by Crippen LogP contribution is -2.08. The molecule has 1 unspecified atom stereocenters. The lowest BCUT2D eigenvalue weighted by Gasteiger charge is -2.08. The van der Waals surface area contributed by atoms with Crippen molar-refractivity contribution in [1.29, 1.82) is 0 Å². The van der Waals surface area contributed by atoms with Crippen LogP contribution in [0.2, 0.25) is 0 Å². The van der Waals surface area contributed by atoms with Crippen molar-refractivity contribution in [3.05, 3.63) is 11.1 Å². The fourth-order valence-corrected chi connectivity index (χ4v) is 1.26. The minimum Gasteiger partial charge on any atom is -0.393 e. The first-order valence-corrected chi connectivity index (χ1v) is 5.99. The van der Waals surface area contributed by atoms with E-state index in [1.54, 1.807) is 0 Å². The van der Waals surface area contributed by atoms with Crippen LogP contribution in [0.15, 0.2) is 11.1 Å². The van der Waals surface area contributed by atoms with Gasteiger partial charge in [-0.15, -0.1) is 0 Å². The number of phosphoric acid groups is 1. The second-order valence-electron chi connectivity index (χ2n) is 2.89. The summed E-state index contributed by atoms with van der Waals surface area (Å²) < 4.78 is 14.1. The summed E-state index contributed by atoms with van der Waals surface area (Å²) in [6.07, 6.45) is -0.311. The molecule has 1 atom stereocenters. The summed E-state index contributed by atoms with van der Waals surface area (Å²) in [4.78, 5) is 27.8. The average molecular weight is 259 g/mol. The molecule has 88 valence electrons. The highest BCUT2D eigenvalue weighted by Crippen LogP contribution is 2.37. The number of aliphatic hydroxyl groups excluding tert-OH is 1. The number of hydrogen-bond acceptors (Lipinski definition) is 4. The Bertz CT molecular complexity index is 294. The van der Waals surface area contributed by atoms with Crippen molar-refractivity contribution in [2.45, 2.75) is 25.9 Å². The number of halogens is 1. The van der Waals surface area contributed by atoms with E-state index in [0.29, 0.717) is 0 Å². The van der Waals surface area contributed by atoms with Gasteiger partial charge in [0.15, 0.2) is 0 Å². The van der Waals surface area contributed by atoms with Crippen LogP contribution in [0, 0.1) is 0 Å². The Morgan fingerprint density at radius 2 is 2.13 bits per heavy atom. The number of hydrogen-bond donors (Lipinski definition) is 3. The van der Waals surface area contributed by atoms with Crippen molar-refractivity contribution in [1.82, 2.24) is 0 Å². The Kier molecular flexibility index (Phi) is 6.09. The second kappa shape index (κ2) is 6.25. The van der Waals surface area contributed by atoms with Gasteiger partial charge >= 0.3 is 13.8 Å². The number of aliphatic hydroxyl groups is 1. The maximum atomic E-state index is 11.1. The van der Waals surface area contributed by atoms with Crippen LogP contribution >= 0.6 is 19.4 Å². The van der Waals surface area contributed by atoms with E-state index in [-0.39, 0.29) is 18.4 Å². The van der Waals surface area contributed by atoms with Crippen molar-refractivity contribution >= 4 is 25.4 Å². The summed E-state index contributed by atoms with van der Waals surface area (Å²) >= 11 is 5.28. The van der Waals surface area contributed by atoms with Crippen molar-refractivity contribution in [3.63, 3.8) is 0 Å². The van der Waals surface area contributed by atoms with Crippen LogP contribution in [0.5, 0.6) is 0 Å². The van der Waals surface area contributed by atoms with Crippen molar-refractivity contribution in [2.24, 2.45) is 0 Å². The van der Waals surface area contributed by atoms with Gasteiger partial charge in [-0.1, -0.05) is 11.6 Å². The maximum absolute atomic E-state index is 11.1. The van der Waals surface area contributed by atoms with Crippen LogP contribution in [0.3, 0.4) is 0 Å². The monoisotopic (exact) mass is 258 g/mol. The first-order chi connectivity index (χ1) is 6.76. The molecule has 6 nitrogen and oxygen atoms in total. The molecule has 0 aliphatic rings. The fraction of sp³-hybridized carbons (Fsp3) is 0.571. The molecule has 0 aliphatic heterocycles. The zero-order chi connectivity index (χ0) is 12.1. The van der Waals surface area contributed by atoms with Crippen LogP contribution in [-0.4, -0.2) is 27.0 Å². The van der Waals surface area contributed by atoms with Gasteiger partial charge in [0.05, 0.1) is 6.10 Å². The third kappa shape index (κ3) is 7.53. The molecule has 0 spiro atoms. The highest BCUT2D eigenvalue weighted by molar-refractivity contribution is 7.46. The zero-order valence-corrected chi connectivity index (χ0v) is 9.61.